The van der Waals surface area contributed by atoms with Crippen molar-refractivity contribution in [1.29, 1.82) is 0 Å². The van der Waals surface area contributed by atoms with Crippen LogP contribution in [0, 0.1) is 11.6 Å². The Balaban J connectivity index is 1.29. The van der Waals surface area contributed by atoms with Crippen molar-refractivity contribution in [1.82, 2.24) is 15.2 Å². The average molecular weight is 463 g/mol. The molecule has 2 aromatic carbocycles. The quantitative estimate of drug-likeness (QED) is 0.582. The van der Waals surface area contributed by atoms with Crippen LogP contribution < -0.4 is 19.7 Å². The molecule has 1 aliphatic heterocycles. The number of ether oxygens (including phenoxy) is 2. The summed E-state index contributed by atoms with van der Waals surface area (Å²) in [6.45, 7) is 4.20. The molecular formula is C22H24F2N4O3S. The number of anilines is 1. The van der Waals surface area contributed by atoms with Gasteiger partial charge in [0.2, 0.25) is 0 Å². The van der Waals surface area contributed by atoms with Crippen molar-refractivity contribution >= 4 is 32.6 Å². The van der Waals surface area contributed by atoms with Gasteiger partial charge in [-0.15, -0.1) is 0 Å². The van der Waals surface area contributed by atoms with Crippen molar-refractivity contribution in [3.05, 3.63) is 47.5 Å². The van der Waals surface area contributed by atoms with Gasteiger partial charge in [-0.2, -0.15) is 0 Å². The van der Waals surface area contributed by atoms with Crippen LogP contribution in [-0.2, 0) is 0 Å². The fraction of sp³-hybridized carbons (Fsp3) is 0.364. The van der Waals surface area contributed by atoms with E-state index >= 15 is 0 Å². The zero-order valence-corrected chi connectivity index (χ0v) is 18.7. The number of para-hydroxylation sites is 1. The average Bonchev–Trinajstić information content (AvgIpc) is 3.23. The van der Waals surface area contributed by atoms with Gasteiger partial charge in [0.25, 0.3) is 5.91 Å². The predicted molar refractivity (Wildman–Crippen MR) is 120 cm³/mol. The molecule has 4 rings (SSSR count). The van der Waals surface area contributed by atoms with E-state index in [1.54, 1.807) is 18.2 Å². The molecule has 0 aliphatic carbocycles. The molecule has 1 aliphatic rings. The molecule has 2 heterocycles. The Labute approximate surface area is 188 Å². The SMILES string of the molecule is COc1cccc(C(=O)NCCN2CCN(c3nc4c(F)cc(F)cc4s3)CC2)c1OC. The van der Waals surface area contributed by atoms with Gasteiger partial charge < -0.3 is 19.7 Å². The molecule has 1 fully saturated rings. The molecule has 1 saturated heterocycles. The summed E-state index contributed by atoms with van der Waals surface area (Å²) >= 11 is 1.30. The van der Waals surface area contributed by atoms with Crippen molar-refractivity contribution in [2.24, 2.45) is 0 Å². The van der Waals surface area contributed by atoms with Gasteiger partial charge in [0, 0.05) is 45.3 Å². The van der Waals surface area contributed by atoms with Crippen molar-refractivity contribution in [2.45, 2.75) is 0 Å². The first-order valence-electron chi connectivity index (χ1n) is 10.2. The van der Waals surface area contributed by atoms with Gasteiger partial charge in [-0.3, -0.25) is 9.69 Å². The topological polar surface area (TPSA) is 66.9 Å². The Morgan fingerprint density at radius 3 is 2.66 bits per heavy atom. The van der Waals surface area contributed by atoms with Crippen LogP contribution >= 0.6 is 11.3 Å². The Morgan fingerprint density at radius 1 is 1.16 bits per heavy atom. The summed E-state index contributed by atoms with van der Waals surface area (Å²) in [5.41, 5.74) is 0.640. The van der Waals surface area contributed by atoms with Gasteiger partial charge in [-0.25, -0.2) is 13.8 Å². The van der Waals surface area contributed by atoms with Gasteiger partial charge in [0.1, 0.15) is 11.3 Å². The Bertz CT molecular complexity index is 1120. The number of amides is 1. The van der Waals surface area contributed by atoms with Gasteiger partial charge in [0.15, 0.2) is 22.4 Å². The van der Waals surface area contributed by atoms with E-state index in [0.29, 0.717) is 40.0 Å². The van der Waals surface area contributed by atoms with E-state index in [-0.39, 0.29) is 11.4 Å². The molecule has 32 heavy (non-hydrogen) atoms. The van der Waals surface area contributed by atoms with Gasteiger partial charge in [0.05, 0.1) is 24.5 Å². The number of benzene rings is 2. The number of nitrogens with zero attached hydrogens (tertiary/aromatic N) is 3. The number of methoxy groups -OCH3 is 2. The summed E-state index contributed by atoms with van der Waals surface area (Å²) in [7, 11) is 3.03. The van der Waals surface area contributed by atoms with Crippen molar-refractivity contribution in [3.8, 4) is 11.5 Å². The highest BCUT2D eigenvalue weighted by Gasteiger charge is 2.21. The minimum absolute atomic E-state index is 0.213. The molecule has 0 saturated carbocycles. The smallest absolute Gasteiger partial charge is 0.255 e. The number of hydrogen-bond donors (Lipinski definition) is 1. The van der Waals surface area contributed by atoms with Crippen LogP contribution in [0.5, 0.6) is 11.5 Å². The molecule has 1 amide bonds. The van der Waals surface area contributed by atoms with E-state index < -0.39 is 11.6 Å². The summed E-state index contributed by atoms with van der Waals surface area (Å²) < 4.78 is 38.5. The summed E-state index contributed by atoms with van der Waals surface area (Å²) in [6, 6.07) is 7.36. The van der Waals surface area contributed by atoms with E-state index in [1.165, 1.54) is 31.6 Å². The fourth-order valence-corrected chi connectivity index (χ4v) is 4.79. The first kappa shape index (κ1) is 22.2. The second-order valence-electron chi connectivity index (χ2n) is 7.36. The van der Waals surface area contributed by atoms with Gasteiger partial charge in [-0.1, -0.05) is 17.4 Å². The molecule has 3 aromatic rings. The number of nitrogens with one attached hydrogen (secondary N) is 1. The molecule has 1 N–H and O–H groups in total. The summed E-state index contributed by atoms with van der Waals surface area (Å²) in [5.74, 6) is -0.529. The maximum Gasteiger partial charge on any atom is 0.255 e. The van der Waals surface area contributed by atoms with Crippen LogP contribution in [0.4, 0.5) is 13.9 Å². The van der Waals surface area contributed by atoms with Crippen molar-refractivity contribution < 1.29 is 23.0 Å². The first-order valence-corrected chi connectivity index (χ1v) is 11.0. The monoisotopic (exact) mass is 462 g/mol. The molecule has 1 aromatic heterocycles. The molecular weight excluding hydrogens is 438 g/mol. The highest BCUT2D eigenvalue weighted by molar-refractivity contribution is 7.22. The Kier molecular flexibility index (Phi) is 6.71. The van der Waals surface area contributed by atoms with Crippen LogP contribution in [0.1, 0.15) is 10.4 Å². The highest BCUT2D eigenvalue weighted by Crippen LogP contribution is 2.32. The zero-order valence-electron chi connectivity index (χ0n) is 17.9. The van der Waals surface area contributed by atoms with E-state index in [2.05, 4.69) is 20.1 Å². The highest BCUT2D eigenvalue weighted by atomic mass is 32.1. The molecule has 0 spiro atoms. The Morgan fingerprint density at radius 2 is 1.94 bits per heavy atom. The van der Waals surface area contributed by atoms with Crippen LogP contribution in [-0.4, -0.2) is 69.3 Å². The van der Waals surface area contributed by atoms with E-state index in [0.717, 1.165) is 32.2 Å². The number of halogens is 2. The summed E-state index contributed by atoms with van der Waals surface area (Å²) in [4.78, 5) is 21.3. The van der Waals surface area contributed by atoms with E-state index in [1.807, 2.05) is 0 Å². The second-order valence-corrected chi connectivity index (χ2v) is 8.37. The van der Waals surface area contributed by atoms with Crippen LogP contribution in [0.3, 0.4) is 0 Å². The third kappa shape index (κ3) is 4.61. The van der Waals surface area contributed by atoms with Crippen LogP contribution in [0.25, 0.3) is 10.2 Å². The lowest BCUT2D eigenvalue weighted by atomic mass is 10.1. The Hall–Kier alpha value is -2.98. The summed E-state index contributed by atoms with van der Waals surface area (Å²) in [6.07, 6.45) is 0. The minimum Gasteiger partial charge on any atom is -0.493 e. The van der Waals surface area contributed by atoms with Gasteiger partial charge in [-0.05, 0) is 18.2 Å². The van der Waals surface area contributed by atoms with E-state index in [4.69, 9.17) is 9.47 Å². The molecule has 10 heteroatoms. The number of fused-ring (bicyclic) bond motifs is 1. The molecule has 0 radical (unpaired) electrons. The largest absolute Gasteiger partial charge is 0.493 e. The van der Waals surface area contributed by atoms with Crippen molar-refractivity contribution in [3.63, 3.8) is 0 Å². The predicted octanol–water partition coefficient (Wildman–Crippen LogP) is 3.14. The fourth-order valence-electron chi connectivity index (χ4n) is 3.73. The number of aromatic nitrogens is 1. The van der Waals surface area contributed by atoms with E-state index in [9.17, 15) is 13.6 Å². The third-order valence-electron chi connectivity index (χ3n) is 5.41. The van der Waals surface area contributed by atoms with Crippen LogP contribution in [0.15, 0.2) is 30.3 Å². The number of carbonyl (C=O) groups is 1. The lowest BCUT2D eigenvalue weighted by molar-refractivity contribution is 0.0944. The lowest BCUT2D eigenvalue weighted by Gasteiger charge is -2.34. The normalized spacial score (nSPS) is 14.6. The molecule has 0 unspecified atom stereocenters. The lowest BCUT2D eigenvalue weighted by Crippen LogP contribution is -2.48. The van der Waals surface area contributed by atoms with Crippen molar-refractivity contribution in [2.75, 3.05) is 58.4 Å². The van der Waals surface area contributed by atoms with Crippen LogP contribution in [0.2, 0.25) is 0 Å². The van der Waals surface area contributed by atoms with Gasteiger partial charge >= 0.3 is 0 Å². The third-order valence-corrected chi connectivity index (χ3v) is 6.47. The first-order chi connectivity index (χ1) is 15.5. The molecule has 170 valence electrons. The second kappa shape index (κ2) is 9.66. The zero-order chi connectivity index (χ0) is 22.7. The number of hydrogen-bond acceptors (Lipinski definition) is 7. The number of piperazine rings is 1. The molecule has 7 nitrogen and oxygen atoms in total. The maximum atomic E-state index is 13.9. The number of rotatable bonds is 7. The number of thiazole rings is 1. The summed E-state index contributed by atoms with van der Waals surface area (Å²) in [5, 5.41) is 3.62. The number of carbonyl (C=O) groups excluding carboxylic acids is 1. The minimum atomic E-state index is -0.635. The molecule has 0 bridgehead atoms. The maximum absolute atomic E-state index is 13.9. The molecule has 0 atom stereocenters. The standard InChI is InChI=1S/C22H24F2N4O3S/c1-30-17-5-3-4-15(20(17)31-2)21(29)25-6-7-27-8-10-28(11-9-27)22-26-19-16(24)12-14(23)13-18(19)32-22/h3-5,12-13H,6-11H2,1-2H3,(H,25,29).